The maximum Gasteiger partial charge on any atom is 0.305 e. The number of thioether (sulfide) groups is 1. The zero-order valence-electron chi connectivity index (χ0n) is 20.7. The van der Waals surface area contributed by atoms with Crippen molar-refractivity contribution in [1.82, 2.24) is 14.9 Å². The third-order valence-electron chi connectivity index (χ3n) is 8.63. The molecule has 2 bridgehead atoms. The molecule has 4 N–H and O–H groups in total. The third-order valence-corrected chi connectivity index (χ3v) is 12.1. The average Bonchev–Trinajstić information content (AvgIpc) is 3.65. The molecular weight excluding hydrogens is 575 g/mol. The van der Waals surface area contributed by atoms with Gasteiger partial charge in [-0.05, 0) is 60.1 Å². The van der Waals surface area contributed by atoms with Gasteiger partial charge in [-0.25, -0.2) is 13.6 Å². The number of thiazole rings is 1. The van der Waals surface area contributed by atoms with Crippen LogP contribution in [0.5, 0.6) is 0 Å². The largest absolute Gasteiger partial charge is 0.325 e. The molecule has 1 saturated heterocycles. The number of anilines is 1. The number of rotatable bonds is 5. The van der Waals surface area contributed by atoms with Gasteiger partial charge in [0.2, 0.25) is 27.7 Å². The van der Waals surface area contributed by atoms with E-state index in [0.717, 1.165) is 26.8 Å². The second-order valence-electron chi connectivity index (χ2n) is 10.6. The van der Waals surface area contributed by atoms with Crippen molar-refractivity contribution < 1.29 is 22.8 Å². The van der Waals surface area contributed by atoms with Crippen molar-refractivity contribution in [1.29, 1.82) is 0 Å². The Hall–Kier alpha value is -3.33. The lowest BCUT2D eigenvalue weighted by Gasteiger charge is -2.42. The summed E-state index contributed by atoms with van der Waals surface area (Å²) < 4.78 is 22.9. The van der Waals surface area contributed by atoms with E-state index in [-0.39, 0.29) is 50.5 Å². The Kier molecular flexibility index (Phi) is 5.82. The molecule has 0 radical (unpaired) electrons. The highest BCUT2D eigenvalue weighted by Crippen LogP contribution is 2.68. The molecule has 206 valence electrons. The highest BCUT2D eigenvalue weighted by atomic mass is 32.2. The Bertz CT molecular complexity index is 1720. The summed E-state index contributed by atoms with van der Waals surface area (Å²) in [5, 5.41) is 8.62. The number of nitrogens with one attached hydrogen (secondary N) is 2. The predicted molar refractivity (Wildman–Crippen MR) is 146 cm³/mol. The first-order valence-electron chi connectivity index (χ1n) is 12.7. The number of imide groups is 1. The summed E-state index contributed by atoms with van der Waals surface area (Å²) >= 11 is 2.80. The van der Waals surface area contributed by atoms with E-state index in [1.165, 1.54) is 35.6 Å². The summed E-state index contributed by atoms with van der Waals surface area (Å²) in [5.74, 6) is -2.36. The number of amides is 3. The first-order valence-corrected chi connectivity index (χ1v) is 15.9. The minimum absolute atomic E-state index is 0.0454. The first kappa shape index (κ1) is 25.6. The molecule has 7 atom stereocenters. The summed E-state index contributed by atoms with van der Waals surface area (Å²) in [4.78, 5) is 61.5. The Labute approximate surface area is 236 Å². The fraction of sp³-hybridized carbons (Fsp3) is 0.346. The van der Waals surface area contributed by atoms with Crippen molar-refractivity contribution in [3.05, 3.63) is 68.9 Å². The fourth-order valence-corrected chi connectivity index (χ4v) is 10.6. The summed E-state index contributed by atoms with van der Waals surface area (Å²) in [6, 6.07) is 9.18. The second kappa shape index (κ2) is 9.09. The first-order chi connectivity index (χ1) is 19.1. The van der Waals surface area contributed by atoms with Crippen LogP contribution >= 0.6 is 23.1 Å². The quantitative estimate of drug-likeness (QED) is 0.372. The number of aromatic amines is 1. The normalized spacial score (nSPS) is 30.2. The number of likely N-dealkylation sites (tertiary alicyclic amines) is 1. The molecule has 4 heterocycles. The summed E-state index contributed by atoms with van der Waals surface area (Å²) in [5.41, 5.74) is 1.30. The van der Waals surface area contributed by atoms with Crippen molar-refractivity contribution in [2.75, 3.05) is 11.9 Å². The molecule has 14 heteroatoms. The molecule has 2 aliphatic heterocycles. The van der Waals surface area contributed by atoms with Crippen LogP contribution in [0.4, 0.5) is 5.69 Å². The summed E-state index contributed by atoms with van der Waals surface area (Å²) in [6.07, 6.45) is 4.26. The lowest BCUT2D eigenvalue weighted by molar-refractivity contribution is -0.143. The number of fused-ring (bicyclic) bond motifs is 9. The van der Waals surface area contributed by atoms with Crippen LogP contribution in [-0.2, 0) is 24.4 Å². The van der Waals surface area contributed by atoms with Gasteiger partial charge in [0.05, 0.1) is 21.8 Å². The van der Waals surface area contributed by atoms with Gasteiger partial charge < -0.3 is 10.3 Å². The number of H-pyrrole nitrogens is 1. The number of hydrogen-bond donors (Lipinski definition) is 3. The van der Waals surface area contributed by atoms with Crippen LogP contribution in [0.25, 0.3) is 0 Å². The van der Waals surface area contributed by atoms with E-state index in [1.54, 1.807) is 18.0 Å². The molecule has 2 aliphatic carbocycles. The van der Waals surface area contributed by atoms with E-state index in [9.17, 15) is 27.6 Å². The maximum atomic E-state index is 13.7. The minimum Gasteiger partial charge on any atom is -0.325 e. The van der Waals surface area contributed by atoms with Gasteiger partial charge in [-0.15, -0.1) is 11.8 Å². The second-order valence-corrected chi connectivity index (χ2v) is 14.4. The van der Waals surface area contributed by atoms with Crippen LogP contribution < -0.4 is 15.3 Å². The monoisotopic (exact) mass is 597 g/mol. The molecule has 0 spiro atoms. The maximum absolute atomic E-state index is 13.7. The van der Waals surface area contributed by atoms with Gasteiger partial charge in [0.25, 0.3) is 0 Å². The van der Waals surface area contributed by atoms with Crippen LogP contribution in [0.2, 0.25) is 0 Å². The van der Waals surface area contributed by atoms with E-state index in [1.807, 2.05) is 18.3 Å². The van der Waals surface area contributed by atoms with E-state index in [2.05, 4.69) is 15.3 Å². The van der Waals surface area contributed by atoms with Crippen LogP contribution in [0.3, 0.4) is 0 Å². The predicted octanol–water partition coefficient (Wildman–Crippen LogP) is 1.59. The smallest absolute Gasteiger partial charge is 0.305 e. The molecule has 1 aromatic carbocycles. The van der Waals surface area contributed by atoms with Gasteiger partial charge in [0, 0.05) is 34.1 Å². The lowest BCUT2D eigenvalue weighted by atomic mass is 9.68. The number of aromatic nitrogens is 2. The standard InChI is InChI=1S/C26H23N5O6S3/c27-40(36,37)13-5-3-12(4-6-13)29-16(32)10-31-24(33)19-14-8-15(20(19)25(31)34)21-18(14)17(11-2-1-7-28-9-11)22-23(38-21)30-26(35)39-22/h1-7,9,14-15,17-21H,8,10H2,(H,29,32)(H,30,35)(H2,27,36,37)/t14?,15?,17-,18?,19?,20?,21?/m1/s1. The van der Waals surface area contributed by atoms with Crippen LogP contribution in [-0.4, -0.2) is 52.8 Å². The van der Waals surface area contributed by atoms with E-state index >= 15 is 0 Å². The Morgan fingerprint density at radius 2 is 1.82 bits per heavy atom. The number of primary sulfonamides is 1. The topological polar surface area (TPSA) is 172 Å². The van der Waals surface area contributed by atoms with E-state index in [4.69, 9.17) is 5.14 Å². The van der Waals surface area contributed by atoms with Crippen molar-refractivity contribution in [2.24, 2.45) is 34.7 Å². The zero-order chi connectivity index (χ0) is 27.9. The van der Waals surface area contributed by atoms with Crippen molar-refractivity contribution in [2.45, 2.75) is 27.5 Å². The van der Waals surface area contributed by atoms with Crippen molar-refractivity contribution >= 4 is 56.5 Å². The number of sulfonamides is 1. The number of nitrogens with two attached hydrogens (primary N) is 1. The molecule has 3 aromatic rings. The van der Waals surface area contributed by atoms with Gasteiger partial charge in [-0.2, -0.15) is 0 Å². The molecular formula is C26H23N5O6S3. The molecule has 7 rings (SSSR count). The molecule has 40 heavy (non-hydrogen) atoms. The third kappa shape index (κ3) is 3.88. The molecule has 2 aromatic heterocycles. The van der Waals surface area contributed by atoms with Gasteiger partial charge in [0.15, 0.2) is 0 Å². The van der Waals surface area contributed by atoms with Crippen LogP contribution in [0.15, 0.2) is 63.5 Å². The minimum atomic E-state index is -3.87. The average molecular weight is 598 g/mol. The summed E-state index contributed by atoms with van der Waals surface area (Å²) in [7, 11) is -3.87. The van der Waals surface area contributed by atoms with E-state index < -0.39 is 34.3 Å². The highest BCUT2D eigenvalue weighted by molar-refractivity contribution is 8.00. The number of pyridine rings is 1. The van der Waals surface area contributed by atoms with Gasteiger partial charge in [-0.3, -0.25) is 29.1 Å². The van der Waals surface area contributed by atoms with Gasteiger partial charge in [0.1, 0.15) is 6.54 Å². The molecule has 2 saturated carbocycles. The number of nitrogens with zero attached hydrogens (tertiary/aromatic N) is 2. The Balaban J connectivity index is 1.14. The Morgan fingerprint density at radius 3 is 2.50 bits per heavy atom. The van der Waals surface area contributed by atoms with Crippen molar-refractivity contribution in [3.8, 4) is 0 Å². The SMILES string of the molecule is NS(=O)(=O)c1ccc(NC(=O)CN2C(=O)C3C4CC(C3C2=O)C2C4Sc3[nH]c(=O)sc3[C@@H]2c2cccnc2)cc1. The van der Waals surface area contributed by atoms with Gasteiger partial charge in [-0.1, -0.05) is 17.4 Å². The zero-order valence-corrected chi connectivity index (χ0v) is 23.2. The van der Waals surface area contributed by atoms with E-state index in [0.29, 0.717) is 5.69 Å². The number of hydrogen-bond acceptors (Lipinski definition) is 9. The molecule has 3 fully saturated rings. The molecule has 11 nitrogen and oxygen atoms in total. The van der Waals surface area contributed by atoms with Crippen LogP contribution in [0, 0.1) is 29.6 Å². The van der Waals surface area contributed by atoms with Gasteiger partial charge >= 0.3 is 4.87 Å². The lowest BCUT2D eigenvalue weighted by Crippen LogP contribution is -2.42. The number of carbonyl (C=O) groups is 3. The number of carbonyl (C=O) groups excluding carboxylic acids is 3. The summed E-state index contributed by atoms with van der Waals surface area (Å²) in [6.45, 7) is -0.420. The van der Waals surface area contributed by atoms with Crippen molar-refractivity contribution in [3.63, 3.8) is 0 Å². The highest BCUT2D eigenvalue weighted by Gasteiger charge is 2.69. The Morgan fingerprint density at radius 1 is 1.10 bits per heavy atom. The fourth-order valence-electron chi connectivity index (χ4n) is 7.24. The molecule has 4 aliphatic rings. The molecule has 3 amide bonds. The van der Waals surface area contributed by atoms with Crippen LogP contribution in [0.1, 0.15) is 22.8 Å². The number of benzene rings is 1. The molecule has 6 unspecified atom stereocenters.